The SMILES string of the molecule is C/C(N)=C1/NCCC(Nc2ccc(Cl)cc2)c2cc(-c3ccncc3)ccc21. The minimum atomic E-state index is 0.155. The van der Waals surface area contributed by atoms with E-state index in [4.69, 9.17) is 17.3 Å². The molecule has 0 radical (unpaired) electrons. The quantitative estimate of drug-likeness (QED) is 0.575. The van der Waals surface area contributed by atoms with Crippen molar-refractivity contribution in [3.63, 3.8) is 0 Å². The number of fused-ring (bicyclic) bond motifs is 1. The average molecular weight is 391 g/mol. The molecule has 0 saturated heterocycles. The predicted octanol–water partition coefficient (Wildman–Crippen LogP) is 5.20. The van der Waals surface area contributed by atoms with Crippen molar-refractivity contribution in [2.24, 2.45) is 5.73 Å². The third-order valence-corrected chi connectivity index (χ3v) is 5.28. The Morgan fingerprint density at radius 1 is 1.07 bits per heavy atom. The Labute approximate surface area is 170 Å². The zero-order chi connectivity index (χ0) is 19.5. The molecule has 1 unspecified atom stereocenters. The molecule has 1 atom stereocenters. The molecule has 3 aromatic rings. The van der Waals surface area contributed by atoms with E-state index in [2.05, 4.69) is 33.8 Å². The van der Waals surface area contributed by atoms with Crippen LogP contribution >= 0.6 is 11.6 Å². The number of pyridine rings is 1. The highest BCUT2D eigenvalue weighted by Crippen LogP contribution is 2.35. The Bertz CT molecular complexity index is 993. The van der Waals surface area contributed by atoms with Crippen LogP contribution in [-0.2, 0) is 0 Å². The second-order valence-electron chi connectivity index (χ2n) is 7.02. The molecule has 2 aromatic carbocycles. The van der Waals surface area contributed by atoms with Crippen molar-refractivity contribution in [1.29, 1.82) is 0 Å². The van der Waals surface area contributed by atoms with Gasteiger partial charge in [0.1, 0.15) is 0 Å². The Balaban J connectivity index is 1.79. The maximum atomic E-state index is 6.19. The first-order chi connectivity index (χ1) is 13.6. The van der Waals surface area contributed by atoms with Crippen LogP contribution in [0.25, 0.3) is 16.8 Å². The highest BCUT2D eigenvalue weighted by molar-refractivity contribution is 6.30. The number of halogens is 1. The van der Waals surface area contributed by atoms with Gasteiger partial charge in [-0.3, -0.25) is 4.98 Å². The Morgan fingerprint density at radius 2 is 1.82 bits per heavy atom. The molecule has 0 amide bonds. The zero-order valence-electron chi connectivity index (χ0n) is 15.7. The number of rotatable bonds is 3. The summed E-state index contributed by atoms with van der Waals surface area (Å²) < 4.78 is 0. The Hall–Kier alpha value is -2.98. The first-order valence-electron chi connectivity index (χ1n) is 9.39. The lowest BCUT2D eigenvalue weighted by molar-refractivity contribution is 0.683. The van der Waals surface area contributed by atoms with Gasteiger partial charge in [-0.15, -0.1) is 0 Å². The first-order valence-corrected chi connectivity index (χ1v) is 9.76. The molecule has 0 saturated carbocycles. The van der Waals surface area contributed by atoms with Crippen molar-refractivity contribution in [3.8, 4) is 11.1 Å². The van der Waals surface area contributed by atoms with E-state index in [9.17, 15) is 0 Å². The molecule has 0 fully saturated rings. The maximum Gasteiger partial charge on any atom is 0.0605 e. The molecule has 5 heteroatoms. The van der Waals surface area contributed by atoms with Crippen molar-refractivity contribution in [3.05, 3.63) is 88.8 Å². The van der Waals surface area contributed by atoms with E-state index < -0.39 is 0 Å². The van der Waals surface area contributed by atoms with Crippen molar-refractivity contribution in [1.82, 2.24) is 10.3 Å². The van der Waals surface area contributed by atoms with E-state index >= 15 is 0 Å². The number of allylic oxidation sites excluding steroid dienone is 1. The number of aromatic nitrogens is 1. The lowest BCUT2D eigenvalue weighted by Gasteiger charge is -2.21. The van der Waals surface area contributed by atoms with Crippen LogP contribution in [0.4, 0.5) is 5.69 Å². The van der Waals surface area contributed by atoms with Crippen molar-refractivity contribution in [2.75, 3.05) is 11.9 Å². The summed E-state index contributed by atoms with van der Waals surface area (Å²) >= 11 is 6.04. The van der Waals surface area contributed by atoms with Crippen LogP contribution in [0.5, 0.6) is 0 Å². The molecule has 0 spiro atoms. The minimum Gasteiger partial charge on any atom is -0.401 e. The van der Waals surface area contributed by atoms with Crippen LogP contribution in [0.2, 0.25) is 5.02 Å². The number of hydrogen-bond donors (Lipinski definition) is 3. The Morgan fingerprint density at radius 3 is 2.54 bits per heavy atom. The fraction of sp³-hybridized carbons (Fsp3) is 0.174. The van der Waals surface area contributed by atoms with Gasteiger partial charge in [0.2, 0.25) is 0 Å². The molecular formula is C23H23ClN4. The van der Waals surface area contributed by atoms with Gasteiger partial charge >= 0.3 is 0 Å². The standard InChI is InChI=1S/C23H23ClN4/c1-15(25)23-20-7-2-17(16-8-11-26-12-9-16)14-21(20)22(10-13-27-23)28-19-5-3-18(24)4-6-19/h2-9,11-12,14,22,27-28H,10,13,25H2,1H3/b23-15-. The summed E-state index contributed by atoms with van der Waals surface area (Å²) in [5, 5.41) is 7.91. The lowest BCUT2D eigenvalue weighted by atomic mass is 9.92. The summed E-state index contributed by atoms with van der Waals surface area (Å²) in [6, 6.07) is 18.6. The summed E-state index contributed by atoms with van der Waals surface area (Å²) in [6.07, 6.45) is 4.58. The second-order valence-corrected chi connectivity index (χ2v) is 7.45. The molecule has 0 aliphatic carbocycles. The number of hydrogen-bond acceptors (Lipinski definition) is 4. The molecule has 1 aliphatic rings. The number of nitrogens with two attached hydrogens (primary N) is 1. The zero-order valence-corrected chi connectivity index (χ0v) is 16.5. The minimum absolute atomic E-state index is 0.155. The average Bonchev–Trinajstić information content (AvgIpc) is 2.89. The highest BCUT2D eigenvalue weighted by atomic mass is 35.5. The van der Waals surface area contributed by atoms with Crippen molar-refractivity contribution < 1.29 is 0 Å². The molecule has 2 heterocycles. The van der Waals surface area contributed by atoms with Crippen LogP contribution < -0.4 is 16.4 Å². The number of anilines is 1. The molecule has 28 heavy (non-hydrogen) atoms. The number of benzene rings is 2. The Kier molecular flexibility index (Phi) is 5.22. The summed E-state index contributed by atoms with van der Waals surface area (Å²) in [5.41, 5.74) is 13.7. The molecule has 1 aromatic heterocycles. The van der Waals surface area contributed by atoms with Crippen LogP contribution in [0.3, 0.4) is 0 Å². The van der Waals surface area contributed by atoms with Gasteiger partial charge in [0.25, 0.3) is 0 Å². The fourth-order valence-corrected chi connectivity index (χ4v) is 3.77. The van der Waals surface area contributed by atoms with Gasteiger partial charge in [-0.25, -0.2) is 0 Å². The van der Waals surface area contributed by atoms with E-state index in [1.54, 1.807) is 0 Å². The fourth-order valence-electron chi connectivity index (χ4n) is 3.64. The van der Waals surface area contributed by atoms with Gasteiger partial charge in [0.05, 0.1) is 11.7 Å². The van der Waals surface area contributed by atoms with Crippen LogP contribution in [0, 0.1) is 0 Å². The van der Waals surface area contributed by atoms with Gasteiger partial charge in [-0.1, -0.05) is 23.7 Å². The molecular weight excluding hydrogens is 368 g/mol. The van der Waals surface area contributed by atoms with Crippen molar-refractivity contribution in [2.45, 2.75) is 19.4 Å². The maximum absolute atomic E-state index is 6.19. The lowest BCUT2D eigenvalue weighted by Crippen LogP contribution is -2.16. The topological polar surface area (TPSA) is 63.0 Å². The van der Waals surface area contributed by atoms with Gasteiger partial charge in [0, 0.05) is 40.9 Å². The van der Waals surface area contributed by atoms with Crippen molar-refractivity contribution >= 4 is 23.0 Å². The molecule has 142 valence electrons. The predicted molar refractivity (Wildman–Crippen MR) is 117 cm³/mol. The molecule has 4 rings (SSSR count). The van der Waals surface area contributed by atoms with Gasteiger partial charge in [-0.2, -0.15) is 0 Å². The number of nitrogens with zero attached hydrogens (tertiary/aromatic N) is 1. The smallest absolute Gasteiger partial charge is 0.0605 e. The summed E-state index contributed by atoms with van der Waals surface area (Å²) in [6.45, 7) is 2.78. The monoisotopic (exact) mass is 390 g/mol. The van der Waals surface area contributed by atoms with Crippen LogP contribution in [0.15, 0.2) is 72.7 Å². The third-order valence-electron chi connectivity index (χ3n) is 5.02. The molecule has 1 aliphatic heterocycles. The van der Waals surface area contributed by atoms with Crippen LogP contribution in [0.1, 0.15) is 30.5 Å². The molecule has 0 bridgehead atoms. The largest absolute Gasteiger partial charge is 0.401 e. The van der Waals surface area contributed by atoms with Gasteiger partial charge in [0.15, 0.2) is 0 Å². The van der Waals surface area contributed by atoms with E-state index in [0.717, 1.165) is 46.2 Å². The van der Waals surface area contributed by atoms with E-state index in [1.165, 1.54) is 11.1 Å². The van der Waals surface area contributed by atoms with E-state index in [-0.39, 0.29) is 6.04 Å². The highest BCUT2D eigenvalue weighted by Gasteiger charge is 2.22. The summed E-state index contributed by atoms with van der Waals surface area (Å²) in [7, 11) is 0. The summed E-state index contributed by atoms with van der Waals surface area (Å²) in [5.74, 6) is 0. The third kappa shape index (κ3) is 3.82. The molecule has 4 nitrogen and oxygen atoms in total. The number of nitrogens with one attached hydrogen (secondary N) is 2. The van der Waals surface area contributed by atoms with Crippen LogP contribution in [-0.4, -0.2) is 11.5 Å². The first kappa shape index (κ1) is 18.4. The second kappa shape index (κ2) is 7.95. The van der Waals surface area contributed by atoms with Gasteiger partial charge < -0.3 is 16.4 Å². The van der Waals surface area contributed by atoms with Gasteiger partial charge in [-0.05, 0) is 72.5 Å². The van der Waals surface area contributed by atoms with E-state index in [1.807, 2.05) is 55.7 Å². The normalized spacial score (nSPS) is 17.9. The molecule has 4 N–H and O–H groups in total. The summed E-state index contributed by atoms with van der Waals surface area (Å²) in [4.78, 5) is 4.13. The van der Waals surface area contributed by atoms with E-state index in [0.29, 0.717) is 0 Å².